The molecule has 0 saturated heterocycles. The van der Waals surface area contributed by atoms with Crippen molar-refractivity contribution in [2.45, 2.75) is 17.9 Å². The van der Waals surface area contributed by atoms with Crippen LogP contribution in [0.4, 0.5) is 4.39 Å². The Morgan fingerprint density at radius 1 is 1.03 bits per heavy atom. The fourth-order valence-electron chi connectivity index (χ4n) is 3.36. The molecule has 0 aliphatic heterocycles. The molecular weight excluding hydrogens is 437 g/mol. The molecule has 4 rings (SSSR count). The fourth-order valence-corrected chi connectivity index (χ4v) is 4.70. The highest BCUT2D eigenvalue weighted by Gasteiger charge is 2.16. The monoisotopic (exact) mass is 457 g/mol. The van der Waals surface area contributed by atoms with Crippen LogP contribution in [0, 0.1) is 5.82 Å². The molecule has 6 nitrogen and oxygen atoms in total. The van der Waals surface area contributed by atoms with Crippen molar-refractivity contribution in [3.63, 3.8) is 0 Å². The van der Waals surface area contributed by atoms with Crippen molar-refractivity contribution >= 4 is 37.5 Å². The van der Waals surface area contributed by atoms with Crippen molar-refractivity contribution in [3.05, 3.63) is 88.7 Å². The lowest BCUT2D eigenvalue weighted by atomic mass is 10.1. The first-order valence-electron chi connectivity index (χ1n) is 9.52. The molecule has 0 aliphatic carbocycles. The summed E-state index contributed by atoms with van der Waals surface area (Å²) in [6.07, 6.45) is 0.545. The standard InChI is InChI=1S/C22H20FN3O3S2/c23-17-5-1-16(2-6-17)14-26-19-10-12-30-21(19)13-20(26)22(27)25-11-9-15-3-7-18(8-4-15)31(24,28)29/h1-8,10,12-13H,9,11,14H2,(H,25,27)(H2,24,28,29). The molecule has 0 radical (unpaired) electrons. The zero-order valence-electron chi connectivity index (χ0n) is 16.4. The quantitative estimate of drug-likeness (QED) is 0.445. The average molecular weight is 458 g/mol. The zero-order chi connectivity index (χ0) is 22.0. The molecule has 0 atom stereocenters. The van der Waals surface area contributed by atoms with Crippen LogP contribution in [0.25, 0.3) is 10.2 Å². The molecule has 3 N–H and O–H groups in total. The van der Waals surface area contributed by atoms with Crippen molar-refractivity contribution in [1.29, 1.82) is 0 Å². The molecule has 0 saturated carbocycles. The summed E-state index contributed by atoms with van der Waals surface area (Å²) >= 11 is 1.56. The molecule has 9 heteroatoms. The maximum atomic E-state index is 13.2. The number of hydrogen-bond acceptors (Lipinski definition) is 4. The topological polar surface area (TPSA) is 94.2 Å². The van der Waals surface area contributed by atoms with E-state index < -0.39 is 10.0 Å². The van der Waals surface area contributed by atoms with Gasteiger partial charge in [0.25, 0.3) is 5.91 Å². The number of sulfonamides is 1. The van der Waals surface area contributed by atoms with Crippen LogP contribution in [0.2, 0.25) is 0 Å². The van der Waals surface area contributed by atoms with Crippen LogP contribution >= 0.6 is 11.3 Å². The van der Waals surface area contributed by atoms with E-state index in [0.717, 1.165) is 21.3 Å². The highest BCUT2D eigenvalue weighted by atomic mass is 32.2. The summed E-state index contributed by atoms with van der Waals surface area (Å²) in [6.45, 7) is 0.848. The Balaban J connectivity index is 1.46. The maximum Gasteiger partial charge on any atom is 0.267 e. The number of nitrogens with one attached hydrogen (secondary N) is 1. The van der Waals surface area contributed by atoms with Crippen LogP contribution < -0.4 is 10.5 Å². The van der Waals surface area contributed by atoms with Crippen LogP contribution in [0.1, 0.15) is 21.6 Å². The number of rotatable bonds is 7. The van der Waals surface area contributed by atoms with Crippen molar-refractivity contribution in [2.75, 3.05) is 6.54 Å². The second-order valence-electron chi connectivity index (χ2n) is 7.11. The number of carbonyl (C=O) groups is 1. The highest BCUT2D eigenvalue weighted by Crippen LogP contribution is 2.26. The Kier molecular flexibility index (Phi) is 5.90. The molecule has 0 aliphatic rings. The first-order chi connectivity index (χ1) is 14.8. The van der Waals surface area contributed by atoms with E-state index in [2.05, 4.69) is 5.32 Å². The molecule has 0 unspecified atom stereocenters. The molecule has 31 heavy (non-hydrogen) atoms. The summed E-state index contributed by atoms with van der Waals surface area (Å²) < 4.78 is 38.8. The van der Waals surface area contributed by atoms with Gasteiger partial charge in [-0.05, 0) is 59.3 Å². The molecule has 2 aromatic heterocycles. The number of nitrogens with zero attached hydrogens (tertiary/aromatic N) is 1. The number of aromatic nitrogens is 1. The van der Waals surface area contributed by atoms with Crippen LogP contribution in [0.5, 0.6) is 0 Å². The van der Waals surface area contributed by atoms with Gasteiger partial charge < -0.3 is 9.88 Å². The first-order valence-corrected chi connectivity index (χ1v) is 11.9. The third kappa shape index (κ3) is 4.84. The largest absolute Gasteiger partial charge is 0.350 e. The number of amides is 1. The molecule has 160 valence electrons. The predicted molar refractivity (Wildman–Crippen MR) is 119 cm³/mol. The minimum Gasteiger partial charge on any atom is -0.350 e. The van der Waals surface area contributed by atoms with E-state index in [9.17, 15) is 17.6 Å². The number of halogens is 1. The Bertz CT molecular complexity index is 1320. The van der Waals surface area contributed by atoms with E-state index in [-0.39, 0.29) is 16.6 Å². The van der Waals surface area contributed by atoms with Crippen LogP contribution in [-0.2, 0) is 23.0 Å². The van der Waals surface area contributed by atoms with Crippen molar-refractivity contribution < 1.29 is 17.6 Å². The highest BCUT2D eigenvalue weighted by molar-refractivity contribution is 7.89. The maximum absolute atomic E-state index is 13.2. The Morgan fingerprint density at radius 3 is 2.39 bits per heavy atom. The molecule has 0 bridgehead atoms. The number of fused-ring (bicyclic) bond motifs is 1. The summed E-state index contributed by atoms with van der Waals surface area (Å²) in [5.41, 5.74) is 3.28. The molecule has 0 spiro atoms. The SMILES string of the molecule is NS(=O)(=O)c1ccc(CCNC(=O)c2cc3sccc3n2Cc2ccc(F)cc2)cc1. The Morgan fingerprint density at radius 2 is 1.71 bits per heavy atom. The van der Waals surface area contributed by atoms with Crippen molar-refractivity contribution in [2.24, 2.45) is 5.14 Å². The summed E-state index contributed by atoms with van der Waals surface area (Å²) in [7, 11) is -3.72. The van der Waals surface area contributed by atoms with Gasteiger partial charge in [0.1, 0.15) is 11.5 Å². The second-order valence-corrected chi connectivity index (χ2v) is 9.62. The predicted octanol–water partition coefficient (Wildman–Crippen LogP) is 3.51. The van der Waals surface area contributed by atoms with Gasteiger partial charge in [0.15, 0.2) is 0 Å². The van der Waals surface area contributed by atoms with Gasteiger partial charge in [-0.15, -0.1) is 11.3 Å². The molecule has 4 aromatic rings. The number of benzene rings is 2. The minimum atomic E-state index is -3.72. The van der Waals surface area contributed by atoms with E-state index in [1.807, 2.05) is 22.1 Å². The molecular formula is C22H20FN3O3S2. The number of hydrogen-bond donors (Lipinski definition) is 2. The fraction of sp³-hybridized carbons (Fsp3) is 0.136. The molecule has 0 fully saturated rings. The van der Waals surface area contributed by atoms with E-state index in [1.54, 1.807) is 35.6 Å². The third-order valence-electron chi connectivity index (χ3n) is 4.96. The summed E-state index contributed by atoms with van der Waals surface area (Å²) in [6, 6.07) is 16.3. The van der Waals surface area contributed by atoms with Crippen molar-refractivity contribution in [1.82, 2.24) is 9.88 Å². The summed E-state index contributed by atoms with van der Waals surface area (Å²) in [4.78, 5) is 12.9. The van der Waals surface area contributed by atoms with E-state index in [0.29, 0.717) is 25.2 Å². The number of thiophene rings is 1. The lowest BCUT2D eigenvalue weighted by Gasteiger charge is -2.11. The Labute approximate surface area is 183 Å². The van der Waals surface area contributed by atoms with Crippen molar-refractivity contribution in [3.8, 4) is 0 Å². The lowest BCUT2D eigenvalue weighted by molar-refractivity contribution is 0.0945. The third-order valence-corrected chi connectivity index (χ3v) is 6.74. The van der Waals surface area contributed by atoms with Crippen LogP contribution in [0.15, 0.2) is 70.9 Å². The van der Waals surface area contributed by atoms with Gasteiger partial charge >= 0.3 is 0 Å². The number of nitrogens with two attached hydrogens (primary N) is 1. The van der Waals surface area contributed by atoms with Gasteiger partial charge in [0.05, 0.1) is 15.1 Å². The number of primary sulfonamides is 1. The Hall–Kier alpha value is -3.01. The summed E-state index contributed by atoms with van der Waals surface area (Å²) in [5, 5.41) is 10.00. The van der Waals surface area contributed by atoms with Gasteiger partial charge in [-0.3, -0.25) is 4.79 Å². The zero-order valence-corrected chi connectivity index (χ0v) is 18.0. The lowest BCUT2D eigenvalue weighted by Crippen LogP contribution is -2.28. The van der Waals surface area contributed by atoms with Crippen LogP contribution in [0.3, 0.4) is 0 Å². The second kappa shape index (κ2) is 8.62. The normalized spacial score (nSPS) is 11.7. The van der Waals surface area contributed by atoms with E-state index >= 15 is 0 Å². The van der Waals surface area contributed by atoms with Gasteiger partial charge in [-0.1, -0.05) is 24.3 Å². The molecule has 1 amide bonds. The average Bonchev–Trinajstić information content (AvgIpc) is 3.32. The van der Waals surface area contributed by atoms with E-state index in [4.69, 9.17) is 5.14 Å². The summed E-state index contributed by atoms with van der Waals surface area (Å²) in [5.74, 6) is -0.501. The molecule has 2 heterocycles. The molecule has 2 aromatic carbocycles. The van der Waals surface area contributed by atoms with Gasteiger partial charge in [-0.2, -0.15) is 0 Å². The smallest absolute Gasteiger partial charge is 0.267 e. The van der Waals surface area contributed by atoms with Gasteiger partial charge in [-0.25, -0.2) is 17.9 Å². The van der Waals surface area contributed by atoms with Gasteiger partial charge in [0.2, 0.25) is 10.0 Å². The first kappa shape index (κ1) is 21.2. The minimum absolute atomic E-state index is 0.0546. The van der Waals surface area contributed by atoms with E-state index in [1.165, 1.54) is 24.3 Å². The van der Waals surface area contributed by atoms with Gasteiger partial charge in [0, 0.05) is 13.1 Å². The number of carbonyl (C=O) groups excluding carboxylic acids is 1. The van der Waals surface area contributed by atoms with Crippen LogP contribution in [-0.4, -0.2) is 25.4 Å².